The first-order chi connectivity index (χ1) is 13.5. The zero-order chi connectivity index (χ0) is 19.6. The smallest absolute Gasteiger partial charge is 0.246 e. The van der Waals surface area contributed by atoms with Crippen molar-refractivity contribution in [2.24, 2.45) is 7.05 Å². The van der Waals surface area contributed by atoms with Crippen molar-refractivity contribution in [3.8, 4) is 0 Å². The summed E-state index contributed by atoms with van der Waals surface area (Å²) in [6.07, 6.45) is 10.5. The molecule has 152 valence electrons. The van der Waals surface area contributed by atoms with Crippen LogP contribution < -0.4 is 10.2 Å². The molecule has 28 heavy (non-hydrogen) atoms. The van der Waals surface area contributed by atoms with Crippen LogP contribution in [-0.4, -0.2) is 59.7 Å². The molecule has 4 heterocycles. The number of pyridine rings is 1. The van der Waals surface area contributed by atoms with Gasteiger partial charge in [-0.15, -0.1) is 0 Å². The maximum absolute atomic E-state index is 13.2. The zero-order valence-corrected chi connectivity index (χ0v) is 17.1. The van der Waals surface area contributed by atoms with E-state index >= 15 is 0 Å². The molecule has 2 saturated heterocycles. The van der Waals surface area contributed by atoms with Gasteiger partial charge in [0.15, 0.2) is 0 Å². The summed E-state index contributed by atoms with van der Waals surface area (Å²) in [6.45, 7) is 2.96. The van der Waals surface area contributed by atoms with Gasteiger partial charge in [-0.3, -0.25) is 4.68 Å². The summed E-state index contributed by atoms with van der Waals surface area (Å²) in [6, 6.07) is 3.50. The lowest BCUT2D eigenvalue weighted by atomic mass is 10.1. The highest BCUT2D eigenvalue weighted by Gasteiger charge is 2.30. The summed E-state index contributed by atoms with van der Waals surface area (Å²) in [5, 5.41) is 7.67. The molecular weight excluding hydrogens is 376 g/mol. The van der Waals surface area contributed by atoms with E-state index in [1.807, 2.05) is 19.4 Å². The molecule has 0 saturated carbocycles. The first-order valence-electron chi connectivity index (χ1n) is 9.99. The van der Waals surface area contributed by atoms with Gasteiger partial charge in [0.05, 0.1) is 11.9 Å². The Balaban J connectivity index is 1.52. The van der Waals surface area contributed by atoms with E-state index in [1.165, 1.54) is 0 Å². The Morgan fingerprint density at radius 3 is 2.71 bits per heavy atom. The maximum atomic E-state index is 13.2. The Morgan fingerprint density at radius 1 is 1.14 bits per heavy atom. The molecule has 9 heteroatoms. The normalized spacial score (nSPS) is 21.6. The number of anilines is 2. The molecule has 0 aromatic carbocycles. The molecule has 2 aliphatic rings. The summed E-state index contributed by atoms with van der Waals surface area (Å²) in [5.41, 5.74) is 1.09. The Bertz CT molecular complexity index is 907. The highest BCUT2D eigenvalue weighted by Crippen LogP contribution is 2.27. The minimum Gasteiger partial charge on any atom is -0.367 e. The van der Waals surface area contributed by atoms with E-state index in [0.29, 0.717) is 18.9 Å². The fourth-order valence-corrected chi connectivity index (χ4v) is 5.67. The van der Waals surface area contributed by atoms with Gasteiger partial charge in [-0.05, 0) is 37.8 Å². The number of hydrogen-bond acceptors (Lipinski definition) is 6. The third-order valence-electron chi connectivity index (χ3n) is 5.52. The minimum absolute atomic E-state index is 0.138. The predicted molar refractivity (Wildman–Crippen MR) is 109 cm³/mol. The van der Waals surface area contributed by atoms with Crippen molar-refractivity contribution in [3.05, 3.63) is 30.7 Å². The number of nitrogens with zero attached hydrogens (tertiary/aromatic N) is 5. The molecular formula is C19H28N6O2S. The Morgan fingerprint density at radius 2 is 1.96 bits per heavy atom. The molecule has 2 fully saturated rings. The average molecular weight is 405 g/mol. The van der Waals surface area contributed by atoms with Crippen LogP contribution in [0.15, 0.2) is 35.6 Å². The van der Waals surface area contributed by atoms with Crippen LogP contribution in [0.2, 0.25) is 0 Å². The minimum atomic E-state index is -3.52. The van der Waals surface area contributed by atoms with Gasteiger partial charge in [0.2, 0.25) is 10.0 Å². The van der Waals surface area contributed by atoms with E-state index in [1.54, 1.807) is 27.3 Å². The van der Waals surface area contributed by atoms with Gasteiger partial charge in [0.25, 0.3) is 0 Å². The second-order valence-electron chi connectivity index (χ2n) is 7.62. The van der Waals surface area contributed by atoms with Gasteiger partial charge in [0.1, 0.15) is 10.7 Å². The molecule has 1 N–H and O–H groups in total. The van der Waals surface area contributed by atoms with Crippen LogP contribution in [0.25, 0.3) is 0 Å². The third kappa shape index (κ3) is 4.00. The largest absolute Gasteiger partial charge is 0.367 e. The molecule has 1 atom stereocenters. The van der Waals surface area contributed by atoms with Gasteiger partial charge in [0, 0.05) is 51.7 Å². The van der Waals surface area contributed by atoms with Crippen molar-refractivity contribution >= 4 is 21.5 Å². The van der Waals surface area contributed by atoms with Crippen molar-refractivity contribution in [1.29, 1.82) is 0 Å². The molecule has 0 bridgehead atoms. The van der Waals surface area contributed by atoms with Crippen LogP contribution in [-0.2, 0) is 17.1 Å². The van der Waals surface area contributed by atoms with Gasteiger partial charge < -0.3 is 10.2 Å². The number of aromatic nitrogens is 3. The van der Waals surface area contributed by atoms with Crippen molar-refractivity contribution in [2.75, 3.05) is 36.4 Å². The lowest BCUT2D eigenvalue weighted by Crippen LogP contribution is -2.42. The van der Waals surface area contributed by atoms with Crippen LogP contribution in [0.5, 0.6) is 0 Å². The third-order valence-corrected chi connectivity index (χ3v) is 7.45. The molecule has 8 nitrogen and oxygen atoms in total. The van der Waals surface area contributed by atoms with Gasteiger partial charge >= 0.3 is 0 Å². The number of sulfonamides is 1. The van der Waals surface area contributed by atoms with E-state index in [4.69, 9.17) is 0 Å². The highest BCUT2D eigenvalue weighted by atomic mass is 32.2. The molecule has 0 spiro atoms. The highest BCUT2D eigenvalue weighted by molar-refractivity contribution is 7.89. The standard InChI is InChI=1S/C19H28N6O2S/c1-23-15-17(13-21-23)24-10-6-7-16(14-24)22-19-18(8-5-9-20-19)28(26,27)25-11-3-2-4-12-25/h5,8-9,13,15-16H,2-4,6-7,10-12,14H2,1H3,(H,20,22). The molecule has 0 aliphatic carbocycles. The van der Waals surface area contributed by atoms with Crippen molar-refractivity contribution in [1.82, 2.24) is 19.1 Å². The van der Waals surface area contributed by atoms with Crippen LogP contribution in [0.1, 0.15) is 32.1 Å². The fourth-order valence-electron chi connectivity index (χ4n) is 4.05. The van der Waals surface area contributed by atoms with Gasteiger partial charge in [-0.25, -0.2) is 13.4 Å². The number of aryl methyl sites for hydroxylation is 1. The lowest BCUT2D eigenvalue weighted by molar-refractivity contribution is 0.346. The van der Waals surface area contributed by atoms with E-state index in [-0.39, 0.29) is 10.9 Å². The summed E-state index contributed by atoms with van der Waals surface area (Å²) >= 11 is 0. The summed E-state index contributed by atoms with van der Waals surface area (Å²) < 4.78 is 29.7. The lowest BCUT2D eigenvalue weighted by Gasteiger charge is -2.34. The number of hydrogen-bond donors (Lipinski definition) is 1. The number of piperidine rings is 2. The number of rotatable bonds is 5. The molecule has 1 unspecified atom stereocenters. The Labute approximate surface area is 166 Å². The SMILES string of the molecule is Cn1cc(N2CCCC(Nc3ncccc3S(=O)(=O)N3CCCCC3)C2)cn1. The quantitative estimate of drug-likeness (QED) is 0.821. The zero-order valence-electron chi connectivity index (χ0n) is 16.3. The molecule has 2 aromatic heterocycles. The van der Waals surface area contributed by atoms with E-state index < -0.39 is 10.0 Å². The Kier molecular flexibility index (Phi) is 5.54. The van der Waals surface area contributed by atoms with E-state index in [9.17, 15) is 8.42 Å². The molecule has 0 amide bonds. The molecule has 4 rings (SSSR count). The summed E-state index contributed by atoms with van der Waals surface area (Å²) in [7, 11) is -1.61. The summed E-state index contributed by atoms with van der Waals surface area (Å²) in [4.78, 5) is 6.96. The van der Waals surface area contributed by atoms with Gasteiger partial charge in [-0.2, -0.15) is 9.40 Å². The van der Waals surface area contributed by atoms with Gasteiger partial charge in [-0.1, -0.05) is 6.42 Å². The van der Waals surface area contributed by atoms with Crippen molar-refractivity contribution in [2.45, 2.75) is 43.0 Å². The number of nitrogens with one attached hydrogen (secondary N) is 1. The topological polar surface area (TPSA) is 83.4 Å². The predicted octanol–water partition coefficient (Wildman–Crippen LogP) is 2.07. The monoisotopic (exact) mass is 404 g/mol. The first-order valence-corrected chi connectivity index (χ1v) is 11.4. The molecule has 2 aliphatic heterocycles. The molecule has 2 aromatic rings. The summed E-state index contributed by atoms with van der Waals surface area (Å²) in [5.74, 6) is 0.464. The van der Waals surface area contributed by atoms with Crippen LogP contribution in [0.3, 0.4) is 0 Å². The van der Waals surface area contributed by atoms with Crippen LogP contribution >= 0.6 is 0 Å². The van der Waals surface area contributed by atoms with E-state index in [2.05, 4.69) is 20.3 Å². The molecule has 0 radical (unpaired) electrons. The average Bonchev–Trinajstić information content (AvgIpc) is 3.16. The maximum Gasteiger partial charge on any atom is 0.246 e. The van der Waals surface area contributed by atoms with Crippen LogP contribution in [0.4, 0.5) is 11.5 Å². The second kappa shape index (κ2) is 8.08. The van der Waals surface area contributed by atoms with Crippen LogP contribution in [0, 0.1) is 0 Å². The van der Waals surface area contributed by atoms with E-state index in [0.717, 1.165) is 50.9 Å². The first kappa shape index (κ1) is 19.2. The Hall–Kier alpha value is -2.13. The van der Waals surface area contributed by atoms with Crippen molar-refractivity contribution in [3.63, 3.8) is 0 Å². The van der Waals surface area contributed by atoms with Crippen molar-refractivity contribution < 1.29 is 8.42 Å². The fraction of sp³-hybridized carbons (Fsp3) is 0.579. The second-order valence-corrected chi connectivity index (χ2v) is 9.52.